The Bertz CT molecular complexity index is 1070. The lowest BCUT2D eigenvalue weighted by Crippen LogP contribution is -2.13. The van der Waals surface area contributed by atoms with Crippen LogP contribution in [0.15, 0.2) is 65.4 Å². The van der Waals surface area contributed by atoms with Crippen LogP contribution in [0.5, 0.6) is 0 Å². The van der Waals surface area contributed by atoms with Gasteiger partial charge in [0.05, 0.1) is 5.69 Å². The number of nitrogens with one attached hydrogen (secondary N) is 2. The maximum Gasteiger partial charge on any atom is 0.229 e. The highest BCUT2D eigenvalue weighted by Crippen LogP contribution is 2.20. The van der Waals surface area contributed by atoms with E-state index < -0.39 is 0 Å². The molecule has 0 saturated heterocycles. The molecule has 2 aromatic rings. The zero-order valence-corrected chi connectivity index (χ0v) is 21.0. The van der Waals surface area contributed by atoms with Crippen molar-refractivity contribution in [2.24, 2.45) is 4.99 Å². The van der Waals surface area contributed by atoms with Gasteiger partial charge in [-0.05, 0) is 50.8 Å². The Morgan fingerprint density at radius 1 is 1.03 bits per heavy atom. The smallest absolute Gasteiger partial charge is 0.229 e. The number of nitrogens with zero attached hydrogens (tertiary/aromatic N) is 5. The predicted octanol–water partition coefficient (Wildman–Crippen LogP) is 5.32. The number of aromatic nitrogens is 4. The van der Waals surface area contributed by atoms with Crippen molar-refractivity contribution in [3.8, 4) is 0 Å². The quantitative estimate of drug-likeness (QED) is 0.216. The molecular weight excluding hydrogens is 446 g/mol. The molecule has 0 aromatic carbocycles. The van der Waals surface area contributed by atoms with Crippen molar-refractivity contribution >= 4 is 34.4 Å². The second kappa shape index (κ2) is 13.9. The minimum Gasteiger partial charge on any atom is -0.334 e. The van der Waals surface area contributed by atoms with Crippen LogP contribution in [0.4, 0.5) is 10.9 Å². The summed E-state index contributed by atoms with van der Waals surface area (Å²) in [5.41, 5.74) is 4.45. The van der Waals surface area contributed by atoms with Crippen LogP contribution in [-0.4, -0.2) is 39.6 Å². The second-order valence-electron chi connectivity index (χ2n) is 8.13. The highest BCUT2D eigenvalue weighted by Gasteiger charge is 2.08. The van der Waals surface area contributed by atoms with Crippen LogP contribution < -0.4 is 10.6 Å². The molecule has 8 nitrogen and oxygen atoms in total. The van der Waals surface area contributed by atoms with Crippen molar-refractivity contribution in [1.29, 1.82) is 0 Å². The largest absolute Gasteiger partial charge is 0.334 e. The van der Waals surface area contributed by atoms with Gasteiger partial charge in [-0.1, -0.05) is 48.3 Å². The van der Waals surface area contributed by atoms with E-state index in [0.717, 1.165) is 63.9 Å². The number of anilines is 2. The summed E-state index contributed by atoms with van der Waals surface area (Å²) >= 11 is 1.53. The molecule has 0 atom stereocenters. The number of unbranched alkanes of at least 4 members (excludes halogenated alkanes) is 1. The highest BCUT2D eigenvalue weighted by atomic mass is 32.1. The molecule has 0 saturated carbocycles. The summed E-state index contributed by atoms with van der Waals surface area (Å²) in [5.74, 6) is 0.337. The molecule has 0 radical (unpaired) electrons. The predicted molar refractivity (Wildman–Crippen MR) is 141 cm³/mol. The number of aliphatic imine (C=N–C) groups is 1. The minimum absolute atomic E-state index is 0.119. The highest BCUT2D eigenvalue weighted by molar-refractivity contribution is 7.15. The topological polar surface area (TPSA) is 105 Å². The molecule has 2 N–H and O–H groups in total. The van der Waals surface area contributed by atoms with Crippen molar-refractivity contribution < 1.29 is 4.79 Å². The van der Waals surface area contributed by atoms with Gasteiger partial charge >= 0.3 is 0 Å². The fourth-order valence-electron chi connectivity index (χ4n) is 3.16. The molecule has 180 valence electrons. The number of aryl methyl sites for hydroxylation is 2. The molecule has 0 aliphatic rings. The molecule has 34 heavy (non-hydrogen) atoms. The van der Waals surface area contributed by atoms with Gasteiger partial charge in [-0.15, -0.1) is 15.3 Å². The Balaban J connectivity index is 1.70. The SMILES string of the molecule is C=C(C)/C=C(\C)CC(=O)Nc1ccc(CCCCc2nnc(NC(=C)CC(=C)/C=N\C)s2)nn1. The van der Waals surface area contributed by atoms with E-state index in [4.69, 9.17) is 0 Å². The van der Waals surface area contributed by atoms with Crippen LogP contribution in [-0.2, 0) is 17.6 Å². The Labute approximate surface area is 205 Å². The first-order valence-electron chi connectivity index (χ1n) is 11.1. The van der Waals surface area contributed by atoms with Crippen molar-refractivity contribution in [2.45, 2.75) is 52.4 Å². The molecule has 0 fully saturated rings. The van der Waals surface area contributed by atoms with Crippen molar-refractivity contribution in [3.05, 3.63) is 71.1 Å². The molecule has 0 bridgehead atoms. The lowest BCUT2D eigenvalue weighted by atomic mass is 10.1. The molecule has 2 rings (SSSR count). The number of hydrogen-bond acceptors (Lipinski definition) is 8. The van der Waals surface area contributed by atoms with Gasteiger partial charge in [0.25, 0.3) is 0 Å². The van der Waals surface area contributed by atoms with Gasteiger partial charge in [0, 0.05) is 38.2 Å². The van der Waals surface area contributed by atoms with E-state index >= 15 is 0 Å². The van der Waals surface area contributed by atoms with E-state index in [1.807, 2.05) is 26.0 Å². The third kappa shape index (κ3) is 10.4. The minimum atomic E-state index is -0.119. The fraction of sp³-hybridized carbons (Fsp3) is 0.360. The van der Waals surface area contributed by atoms with Gasteiger partial charge in [0.2, 0.25) is 11.0 Å². The standard InChI is InChI=1S/C25H33N7OS/c1-17(2)13-18(3)15-23(33)28-22-12-11-21(29-30-22)9-7-8-10-24-31-32-25(34-24)27-20(5)14-19(4)16-26-6/h11-13,16H,1,4-5,7-10,14-15H2,2-3,6H3,(H,27,32)(H,28,30,33)/b18-13+,26-16-. The first kappa shape index (κ1) is 26.8. The van der Waals surface area contributed by atoms with E-state index in [1.54, 1.807) is 19.3 Å². The molecule has 9 heteroatoms. The number of carbonyl (C=O) groups is 1. The van der Waals surface area contributed by atoms with Crippen LogP contribution >= 0.6 is 11.3 Å². The average Bonchev–Trinajstić information content (AvgIpc) is 3.18. The van der Waals surface area contributed by atoms with Gasteiger partial charge in [-0.25, -0.2) is 0 Å². The van der Waals surface area contributed by atoms with E-state index in [2.05, 4.69) is 55.8 Å². The number of carbonyl (C=O) groups excluding carboxylic acids is 1. The van der Waals surface area contributed by atoms with Gasteiger partial charge in [0.15, 0.2) is 5.82 Å². The van der Waals surface area contributed by atoms with Crippen LogP contribution in [0, 0.1) is 0 Å². The summed E-state index contributed by atoms with van der Waals surface area (Å²) in [6, 6.07) is 3.68. The third-order valence-electron chi connectivity index (χ3n) is 4.50. The van der Waals surface area contributed by atoms with Crippen LogP contribution in [0.1, 0.15) is 50.2 Å². The number of allylic oxidation sites excluding steroid dienone is 3. The molecule has 1 amide bonds. The van der Waals surface area contributed by atoms with Crippen molar-refractivity contribution in [1.82, 2.24) is 20.4 Å². The fourth-order valence-corrected chi connectivity index (χ4v) is 3.99. The maximum atomic E-state index is 12.1. The molecule has 0 aliphatic carbocycles. The third-order valence-corrected chi connectivity index (χ3v) is 5.39. The first-order chi connectivity index (χ1) is 16.2. The van der Waals surface area contributed by atoms with Crippen molar-refractivity contribution in [3.63, 3.8) is 0 Å². The van der Waals surface area contributed by atoms with Gasteiger partial charge in [-0.2, -0.15) is 5.10 Å². The molecule has 2 heterocycles. The van der Waals surface area contributed by atoms with E-state index in [-0.39, 0.29) is 5.91 Å². The normalized spacial score (nSPS) is 11.4. The van der Waals surface area contributed by atoms with Crippen molar-refractivity contribution in [2.75, 3.05) is 17.7 Å². The monoisotopic (exact) mass is 479 g/mol. The summed E-state index contributed by atoms with van der Waals surface area (Å²) < 4.78 is 0. The van der Waals surface area contributed by atoms with E-state index in [0.29, 0.717) is 18.7 Å². The number of rotatable bonds is 14. The summed E-state index contributed by atoms with van der Waals surface area (Å²) in [6.07, 6.45) is 8.11. The molecule has 2 aromatic heterocycles. The maximum absolute atomic E-state index is 12.1. The van der Waals surface area contributed by atoms with Crippen LogP contribution in [0.2, 0.25) is 0 Å². The lowest BCUT2D eigenvalue weighted by Gasteiger charge is -2.05. The Kier molecular flexibility index (Phi) is 11.0. The Morgan fingerprint density at radius 3 is 2.47 bits per heavy atom. The van der Waals surface area contributed by atoms with E-state index in [9.17, 15) is 4.79 Å². The lowest BCUT2D eigenvalue weighted by molar-refractivity contribution is -0.115. The van der Waals surface area contributed by atoms with Gasteiger partial charge in [0.1, 0.15) is 5.01 Å². The van der Waals surface area contributed by atoms with Gasteiger partial charge in [-0.3, -0.25) is 9.79 Å². The zero-order chi connectivity index (χ0) is 24.9. The Hall–Kier alpha value is -3.46. The molecule has 0 spiro atoms. The average molecular weight is 480 g/mol. The van der Waals surface area contributed by atoms with Crippen LogP contribution in [0.25, 0.3) is 0 Å². The summed E-state index contributed by atoms with van der Waals surface area (Å²) in [4.78, 5) is 16.0. The molecule has 0 aliphatic heterocycles. The number of amides is 1. The van der Waals surface area contributed by atoms with E-state index in [1.165, 1.54) is 11.3 Å². The summed E-state index contributed by atoms with van der Waals surface area (Å²) in [5, 5.41) is 24.4. The molecule has 0 unspecified atom stereocenters. The second-order valence-corrected chi connectivity index (χ2v) is 9.19. The summed E-state index contributed by atoms with van der Waals surface area (Å²) in [7, 11) is 1.71. The molecular formula is C25H33N7OS. The first-order valence-corrected chi connectivity index (χ1v) is 11.9. The zero-order valence-electron chi connectivity index (χ0n) is 20.2. The van der Waals surface area contributed by atoms with Crippen LogP contribution in [0.3, 0.4) is 0 Å². The summed E-state index contributed by atoms with van der Waals surface area (Å²) in [6.45, 7) is 15.5. The van der Waals surface area contributed by atoms with Gasteiger partial charge < -0.3 is 10.6 Å². The number of hydrogen-bond donors (Lipinski definition) is 2. The Morgan fingerprint density at radius 2 is 1.79 bits per heavy atom.